The van der Waals surface area contributed by atoms with Crippen LogP contribution < -0.4 is 0 Å². The van der Waals surface area contributed by atoms with Crippen molar-refractivity contribution in [1.29, 1.82) is 0 Å². The van der Waals surface area contributed by atoms with Crippen LogP contribution in [-0.4, -0.2) is 53.9 Å². The Labute approximate surface area is 109 Å². The molecule has 1 heterocycles. The van der Waals surface area contributed by atoms with E-state index < -0.39 is 5.97 Å². The summed E-state index contributed by atoms with van der Waals surface area (Å²) in [6, 6.07) is 0. The highest BCUT2D eigenvalue weighted by atomic mass is 32.2. The van der Waals surface area contributed by atoms with Crippen molar-refractivity contribution >= 4 is 17.7 Å². The lowest BCUT2D eigenvalue weighted by Crippen LogP contribution is -2.05. The third kappa shape index (κ3) is 6.58. The Hall–Kier alpha value is -1.12. The number of thioether (sulfide) groups is 1. The number of ether oxygens (including phenoxy) is 2. The lowest BCUT2D eigenvalue weighted by molar-refractivity contribution is -0.133. The molecule has 0 fully saturated rings. The molecule has 0 aliphatic carbocycles. The Morgan fingerprint density at radius 2 is 2.28 bits per heavy atom. The van der Waals surface area contributed by atoms with E-state index >= 15 is 0 Å². The Kier molecular flexibility index (Phi) is 7.38. The molecular formula is C10H16N2O5S. The number of hydrogen-bond donors (Lipinski definition) is 1. The van der Waals surface area contributed by atoms with Crippen LogP contribution in [0.1, 0.15) is 11.7 Å². The summed E-state index contributed by atoms with van der Waals surface area (Å²) in [6.45, 7) is 1.60. The number of carboxylic acids is 1. The highest BCUT2D eigenvalue weighted by Crippen LogP contribution is 2.10. The molecule has 0 amide bonds. The van der Waals surface area contributed by atoms with Crippen molar-refractivity contribution in [2.75, 3.05) is 32.7 Å². The number of rotatable bonds is 10. The van der Waals surface area contributed by atoms with E-state index in [0.29, 0.717) is 43.7 Å². The fourth-order valence-corrected chi connectivity index (χ4v) is 1.65. The van der Waals surface area contributed by atoms with Crippen molar-refractivity contribution in [2.45, 2.75) is 12.2 Å². The van der Waals surface area contributed by atoms with Gasteiger partial charge in [-0.2, -0.15) is 4.98 Å². The molecule has 0 saturated carbocycles. The largest absolute Gasteiger partial charge is 0.481 e. The summed E-state index contributed by atoms with van der Waals surface area (Å²) < 4.78 is 15.1. The van der Waals surface area contributed by atoms with Crippen LogP contribution in [0.4, 0.5) is 0 Å². The molecule has 0 unspecified atom stereocenters. The molecule has 102 valence electrons. The van der Waals surface area contributed by atoms with Gasteiger partial charge in [-0.15, -0.1) is 11.8 Å². The Morgan fingerprint density at radius 1 is 1.44 bits per heavy atom. The molecule has 0 aliphatic rings. The second-order valence-corrected chi connectivity index (χ2v) is 4.33. The van der Waals surface area contributed by atoms with Crippen LogP contribution in [0.15, 0.2) is 4.52 Å². The maximum absolute atomic E-state index is 10.3. The van der Waals surface area contributed by atoms with Crippen molar-refractivity contribution in [3.05, 3.63) is 11.7 Å². The zero-order valence-corrected chi connectivity index (χ0v) is 10.9. The maximum atomic E-state index is 10.3. The fraction of sp³-hybridized carbons (Fsp3) is 0.700. The van der Waals surface area contributed by atoms with Crippen LogP contribution >= 0.6 is 11.8 Å². The standard InChI is InChI=1S/C10H16N2O5S/c1-15-4-5-16-3-2-8-11-9(17-12-8)6-18-7-10(13)14/h2-7H2,1H3,(H,13,14). The second-order valence-electron chi connectivity index (χ2n) is 3.35. The molecule has 18 heavy (non-hydrogen) atoms. The molecule has 1 N–H and O–H groups in total. The summed E-state index contributed by atoms with van der Waals surface area (Å²) >= 11 is 1.22. The number of carboxylic acid groups (broad SMARTS) is 1. The summed E-state index contributed by atoms with van der Waals surface area (Å²) in [4.78, 5) is 14.4. The number of carbonyl (C=O) groups is 1. The molecule has 1 aromatic rings. The Bertz CT molecular complexity index is 358. The van der Waals surface area contributed by atoms with E-state index in [2.05, 4.69) is 10.1 Å². The average molecular weight is 276 g/mol. The first kappa shape index (κ1) is 14.9. The zero-order chi connectivity index (χ0) is 13.2. The molecule has 0 bridgehead atoms. The first-order valence-electron chi connectivity index (χ1n) is 5.40. The number of nitrogens with zero attached hydrogens (tertiary/aromatic N) is 2. The maximum Gasteiger partial charge on any atom is 0.313 e. The highest BCUT2D eigenvalue weighted by molar-refractivity contribution is 7.99. The normalized spacial score (nSPS) is 10.7. The van der Waals surface area contributed by atoms with Gasteiger partial charge in [-0.3, -0.25) is 4.79 Å². The minimum absolute atomic E-state index is 0.0256. The van der Waals surface area contributed by atoms with Crippen LogP contribution in [0.3, 0.4) is 0 Å². The van der Waals surface area contributed by atoms with E-state index in [4.69, 9.17) is 19.1 Å². The monoisotopic (exact) mass is 276 g/mol. The third-order valence-electron chi connectivity index (χ3n) is 1.86. The van der Waals surface area contributed by atoms with Crippen LogP contribution in [0.2, 0.25) is 0 Å². The molecule has 0 aromatic carbocycles. The summed E-state index contributed by atoms with van der Waals surface area (Å²) in [5.41, 5.74) is 0. The number of aliphatic carboxylic acids is 1. The first-order valence-corrected chi connectivity index (χ1v) is 6.55. The average Bonchev–Trinajstić information content (AvgIpc) is 2.76. The quantitative estimate of drug-likeness (QED) is 0.620. The fourth-order valence-electron chi connectivity index (χ4n) is 1.08. The first-order chi connectivity index (χ1) is 8.72. The molecule has 8 heteroatoms. The highest BCUT2D eigenvalue weighted by Gasteiger charge is 2.07. The van der Waals surface area contributed by atoms with Gasteiger partial charge in [-0.1, -0.05) is 5.16 Å². The van der Waals surface area contributed by atoms with E-state index in [1.807, 2.05) is 0 Å². The topological polar surface area (TPSA) is 94.7 Å². The second kappa shape index (κ2) is 8.90. The number of hydrogen-bond acceptors (Lipinski definition) is 7. The van der Waals surface area contributed by atoms with Crippen LogP contribution in [-0.2, 0) is 26.4 Å². The predicted octanol–water partition coefficient (Wildman–Crippen LogP) is 0.593. The summed E-state index contributed by atoms with van der Waals surface area (Å²) in [5.74, 6) is 0.583. The Balaban J connectivity index is 2.15. The summed E-state index contributed by atoms with van der Waals surface area (Å²) in [7, 11) is 1.61. The number of methoxy groups -OCH3 is 1. The van der Waals surface area contributed by atoms with Crippen molar-refractivity contribution in [1.82, 2.24) is 10.1 Å². The molecule has 0 aliphatic heterocycles. The van der Waals surface area contributed by atoms with E-state index in [0.717, 1.165) is 0 Å². The zero-order valence-electron chi connectivity index (χ0n) is 10.1. The van der Waals surface area contributed by atoms with E-state index in [1.165, 1.54) is 11.8 Å². The van der Waals surface area contributed by atoms with E-state index in [9.17, 15) is 4.79 Å². The molecule has 0 saturated heterocycles. The SMILES string of the molecule is COCCOCCc1noc(CSCC(=O)O)n1. The van der Waals surface area contributed by atoms with Crippen LogP contribution in [0, 0.1) is 0 Å². The van der Waals surface area contributed by atoms with Gasteiger partial charge in [0, 0.05) is 13.5 Å². The number of aromatic nitrogens is 2. The molecule has 1 rings (SSSR count). The van der Waals surface area contributed by atoms with Gasteiger partial charge in [-0.25, -0.2) is 0 Å². The van der Waals surface area contributed by atoms with Gasteiger partial charge in [0.2, 0.25) is 5.89 Å². The van der Waals surface area contributed by atoms with Gasteiger partial charge in [0.05, 0.1) is 31.3 Å². The van der Waals surface area contributed by atoms with Gasteiger partial charge >= 0.3 is 5.97 Å². The van der Waals surface area contributed by atoms with Crippen molar-refractivity contribution in [2.24, 2.45) is 0 Å². The van der Waals surface area contributed by atoms with Crippen molar-refractivity contribution in [3.63, 3.8) is 0 Å². The molecule has 0 radical (unpaired) electrons. The molecule has 1 aromatic heterocycles. The minimum atomic E-state index is -0.855. The van der Waals surface area contributed by atoms with Crippen LogP contribution in [0.25, 0.3) is 0 Å². The molecule has 7 nitrogen and oxygen atoms in total. The third-order valence-corrected chi connectivity index (χ3v) is 2.77. The predicted molar refractivity (Wildman–Crippen MR) is 64.5 cm³/mol. The molecular weight excluding hydrogens is 260 g/mol. The van der Waals surface area contributed by atoms with Gasteiger partial charge in [-0.05, 0) is 0 Å². The van der Waals surface area contributed by atoms with Crippen LogP contribution in [0.5, 0.6) is 0 Å². The molecule has 0 spiro atoms. The van der Waals surface area contributed by atoms with Gasteiger partial charge < -0.3 is 19.1 Å². The van der Waals surface area contributed by atoms with Crippen molar-refractivity contribution < 1.29 is 23.9 Å². The van der Waals surface area contributed by atoms with E-state index in [-0.39, 0.29) is 5.75 Å². The van der Waals surface area contributed by atoms with Gasteiger partial charge in [0.1, 0.15) is 0 Å². The smallest absolute Gasteiger partial charge is 0.313 e. The lowest BCUT2D eigenvalue weighted by Gasteiger charge is -1.99. The summed E-state index contributed by atoms with van der Waals surface area (Å²) in [5, 5.41) is 12.2. The van der Waals surface area contributed by atoms with Crippen molar-refractivity contribution in [3.8, 4) is 0 Å². The van der Waals surface area contributed by atoms with Gasteiger partial charge in [0.25, 0.3) is 0 Å². The lowest BCUT2D eigenvalue weighted by atomic mass is 10.4. The van der Waals surface area contributed by atoms with E-state index in [1.54, 1.807) is 7.11 Å². The van der Waals surface area contributed by atoms with Gasteiger partial charge in [0.15, 0.2) is 5.82 Å². The minimum Gasteiger partial charge on any atom is -0.481 e. The Morgan fingerprint density at radius 3 is 3.00 bits per heavy atom. The summed E-state index contributed by atoms with van der Waals surface area (Å²) in [6.07, 6.45) is 0.566. The molecule has 0 atom stereocenters.